The van der Waals surface area contributed by atoms with Crippen molar-refractivity contribution in [3.8, 4) is 0 Å². The summed E-state index contributed by atoms with van der Waals surface area (Å²) in [5, 5.41) is 3.37. The summed E-state index contributed by atoms with van der Waals surface area (Å²) in [6.07, 6.45) is 6.48. The molecule has 21 heavy (non-hydrogen) atoms. The first-order valence-corrected chi connectivity index (χ1v) is 14.9. The monoisotopic (exact) mass is 388 g/mol. The van der Waals surface area contributed by atoms with Crippen molar-refractivity contribution >= 4 is 50.2 Å². The van der Waals surface area contributed by atoms with Gasteiger partial charge in [-0.2, -0.15) is 0 Å². The summed E-state index contributed by atoms with van der Waals surface area (Å²) in [5.74, 6) is 3.68. The molecule has 0 spiro atoms. The first kappa shape index (κ1) is 15.6. The maximum atomic E-state index is 5.60. The molecule has 116 valence electrons. The average molecular weight is 388 g/mol. The minimum atomic E-state index is -0.683. The van der Waals surface area contributed by atoms with Gasteiger partial charge >= 0.3 is 136 Å². The van der Waals surface area contributed by atoms with Gasteiger partial charge in [-0.1, -0.05) is 0 Å². The molecule has 0 unspecified atom stereocenters. The van der Waals surface area contributed by atoms with Gasteiger partial charge in [-0.15, -0.1) is 0 Å². The summed E-state index contributed by atoms with van der Waals surface area (Å²) in [4.78, 5) is 12.0. The zero-order chi connectivity index (χ0) is 14.7. The molecule has 0 radical (unpaired) electrons. The molecule has 0 aromatic carbocycles. The Bertz CT molecular complexity index is 457. The number of aromatic nitrogens is 3. The van der Waals surface area contributed by atoms with Crippen LogP contribution in [0.15, 0.2) is 0 Å². The topological polar surface area (TPSA) is 103 Å². The summed E-state index contributed by atoms with van der Waals surface area (Å²) in [7, 11) is 4.60. The molecule has 0 bridgehead atoms. The summed E-state index contributed by atoms with van der Waals surface area (Å²) in [6, 6.07) is 0.441. The Morgan fingerprint density at radius 1 is 0.952 bits per heavy atom. The van der Waals surface area contributed by atoms with E-state index in [2.05, 4.69) is 40.3 Å². The molecule has 1 aromatic rings. The van der Waals surface area contributed by atoms with Crippen molar-refractivity contribution in [2.24, 2.45) is 0 Å². The van der Waals surface area contributed by atoms with Gasteiger partial charge in [-0.25, -0.2) is 0 Å². The van der Waals surface area contributed by atoms with Gasteiger partial charge in [0.25, 0.3) is 0 Å². The van der Waals surface area contributed by atoms with Crippen LogP contribution in [0, 0.1) is 0 Å². The molecule has 1 aliphatic carbocycles. The third-order valence-electron chi connectivity index (χ3n) is 3.72. The van der Waals surface area contributed by atoms with Crippen molar-refractivity contribution in [1.29, 1.82) is 0 Å². The SMILES string of the molecule is Nc1nc(N)nc(NC2CCC([As]3SCCCS3)CC2)n1. The predicted molar refractivity (Wildman–Crippen MR) is 93.6 cm³/mol. The van der Waals surface area contributed by atoms with Crippen molar-refractivity contribution in [3.63, 3.8) is 0 Å². The van der Waals surface area contributed by atoms with E-state index in [0.717, 1.165) is 4.71 Å². The maximum absolute atomic E-state index is 5.60. The Labute approximate surface area is 136 Å². The summed E-state index contributed by atoms with van der Waals surface area (Å²) >= 11 is -0.683. The molecule has 1 aromatic heterocycles. The van der Waals surface area contributed by atoms with E-state index in [4.69, 9.17) is 11.5 Å². The van der Waals surface area contributed by atoms with E-state index in [9.17, 15) is 0 Å². The molecule has 0 atom stereocenters. The standard InChI is InChI=1S/C12H21AsN6S2/c14-10-17-11(15)19-12(18-10)16-9-4-2-8(3-5-9)13-20-6-1-7-21-13/h8-9H,1-7H2,(H5,14,15,16,17,18,19). The van der Waals surface area contributed by atoms with Gasteiger partial charge in [0.1, 0.15) is 0 Å². The Balaban J connectivity index is 1.51. The molecule has 5 N–H and O–H groups in total. The van der Waals surface area contributed by atoms with E-state index in [1.54, 1.807) is 0 Å². The number of nitrogens with two attached hydrogens (primary N) is 2. The summed E-state index contributed by atoms with van der Waals surface area (Å²) in [5.41, 5.74) is 11.2. The fourth-order valence-corrected chi connectivity index (χ4v) is 18.5. The minimum absolute atomic E-state index is 0.182. The third kappa shape index (κ3) is 4.33. The van der Waals surface area contributed by atoms with Crippen LogP contribution in [0.2, 0.25) is 4.71 Å². The van der Waals surface area contributed by atoms with E-state index in [1.807, 2.05) is 0 Å². The Morgan fingerprint density at radius 2 is 1.57 bits per heavy atom. The Kier molecular flexibility index (Phi) is 5.40. The van der Waals surface area contributed by atoms with Gasteiger partial charge in [0.2, 0.25) is 0 Å². The molecule has 1 aliphatic heterocycles. The van der Waals surface area contributed by atoms with E-state index >= 15 is 0 Å². The van der Waals surface area contributed by atoms with Gasteiger partial charge in [0.15, 0.2) is 0 Å². The van der Waals surface area contributed by atoms with E-state index < -0.39 is 12.3 Å². The zero-order valence-corrected chi connectivity index (χ0v) is 15.4. The van der Waals surface area contributed by atoms with Crippen LogP contribution >= 0.6 is 20.0 Å². The average Bonchev–Trinajstić information content (AvgIpc) is 2.48. The predicted octanol–water partition coefficient (Wildman–Crippen LogP) is 2.12. The van der Waals surface area contributed by atoms with Crippen LogP contribution in [-0.2, 0) is 0 Å². The molecular formula is C12H21AsN6S2. The van der Waals surface area contributed by atoms with Gasteiger partial charge in [0.05, 0.1) is 0 Å². The first-order chi connectivity index (χ1) is 10.2. The fourth-order valence-electron chi connectivity index (χ4n) is 2.70. The van der Waals surface area contributed by atoms with Crippen LogP contribution in [0.1, 0.15) is 32.1 Å². The molecule has 0 amide bonds. The van der Waals surface area contributed by atoms with Gasteiger partial charge in [0, 0.05) is 0 Å². The number of hydrogen-bond acceptors (Lipinski definition) is 8. The molecule has 9 heteroatoms. The number of rotatable bonds is 3. The molecule has 2 aliphatic rings. The molecule has 2 fully saturated rings. The molecule has 6 nitrogen and oxygen atoms in total. The number of hydrogen-bond donors (Lipinski definition) is 3. The van der Waals surface area contributed by atoms with Gasteiger partial charge in [-0.05, 0) is 0 Å². The Hall–Kier alpha value is -0.332. The van der Waals surface area contributed by atoms with E-state index in [-0.39, 0.29) is 11.9 Å². The van der Waals surface area contributed by atoms with Crippen LogP contribution in [0.5, 0.6) is 0 Å². The number of anilines is 3. The first-order valence-electron chi connectivity index (χ1n) is 7.29. The van der Waals surface area contributed by atoms with Crippen molar-refractivity contribution in [1.82, 2.24) is 15.0 Å². The zero-order valence-electron chi connectivity index (χ0n) is 11.9. The van der Waals surface area contributed by atoms with E-state index in [1.165, 1.54) is 43.6 Å². The molecular weight excluding hydrogens is 367 g/mol. The van der Waals surface area contributed by atoms with Crippen LogP contribution in [-0.4, -0.2) is 44.8 Å². The second kappa shape index (κ2) is 7.29. The fraction of sp³-hybridized carbons (Fsp3) is 0.750. The quantitative estimate of drug-likeness (QED) is 0.677. The van der Waals surface area contributed by atoms with Gasteiger partial charge in [-0.3, -0.25) is 0 Å². The van der Waals surface area contributed by atoms with Crippen LogP contribution in [0.4, 0.5) is 17.8 Å². The van der Waals surface area contributed by atoms with Crippen LogP contribution < -0.4 is 16.8 Å². The van der Waals surface area contributed by atoms with Crippen molar-refractivity contribution in [3.05, 3.63) is 0 Å². The second-order valence-corrected chi connectivity index (χ2v) is 17.9. The number of nitrogen functional groups attached to an aromatic ring is 2. The van der Waals surface area contributed by atoms with Gasteiger partial charge < -0.3 is 0 Å². The Morgan fingerprint density at radius 3 is 2.19 bits per heavy atom. The summed E-state index contributed by atoms with van der Waals surface area (Å²) < 4.78 is 0.999. The van der Waals surface area contributed by atoms with Crippen LogP contribution in [0.3, 0.4) is 0 Å². The van der Waals surface area contributed by atoms with E-state index in [0.29, 0.717) is 12.0 Å². The van der Waals surface area contributed by atoms with Crippen molar-refractivity contribution in [2.45, 2.75) is 42.9 Å². The second-order valence-electron chi connectivity index (χ2n) is 5.33. The third-order valence-corrected chi connectivity index (χ3v) is 19.4. The van der Waals surface area contributed by atoms with Crippen molar-refractivity contribution in [2.75, 3.05) is 28.3 Å². The molecule has 1 saturated heterocycles. The normalized spacial score (nSPS) is 27.4. The summed E-state index contributed by atoms with van der Waals surface area (Å²) in [6.45, 7) is 0. The molecule has 1 saturated carbocycles. The number of nitrogens with one attached hydrogen (secondary N) is 1. The molecule has 2 heterocycles. The van der Waals surface area contributed by atoms with Crippen LogP contribution in [0.25, 0.3) is 0 Å². The number of nitrogens with zero attached hydrogens (tertiary/aromatic N) is 3. The molecule has 3 rings (SSSR count). The van der Waals surface area contributed by atoms with Crippen molar-refractivity contribution < 1.29 is 0 Å².